The molecule has 4 aromatic rings. The number of pyridine rings is 2. The summed E-state index contributed by atoms with van der Waals surface area (Å²) in [5.41, 5.74) is 0.818. The normalized spacial score (nSPS) is 12.1. The summed E-state index contributed by atoms with van der Waals surface area (Å²) in [5, 5.41) is 3.11. The Bertz CT molecular complexity index is 1350. The maximum atomic E-state index is 12.7. The highest BCUT2D eigenvalue weighted by Crippen LogP contribution is 2.18. The third-order valence-corrected chi connectivity index (χ3v) is 5.29. The molecule has 164 valence electrons. The van der Waals surface area contributed by atoms with Crippen molar-refractivity contribution >= 4 is 22.8 Å². The molecule has 0 saturated heterocycles. The second-order valence-corrected chi connectivity index (χ2v) is 7.45. The molecule has 1 unspecified atom stereocenters. The van der Waals surface area contributed by atoms with Gasteiger partial charge in [0.1, 0.15) is 17.2 Å². The Morgan fingerprint density at radius 1 is 1.19 bits per heavy atom. The number of hydrogen-bond acceptors (Lipinski definition) is 7. The number of aromatic amines is 2. The number of ketones is 1. The van der Waals surface area contributed by atoms with Gasteiger partial charge in [-0.25, -0.2) is 14.8 Å². The molecule has 0 saturated carbocycles. The average Bonchev–Trinajstić information content (AvgIpc) is 3.24. The van der Waals surface area contributed by atoms with Gasteiger partial charge in [-0.05, 0) is 37.6 Å². The molecular weight excluding hydrogens is 410 g/mol. The Kier molecular flexibility index (Phi) is 5.93. The molecule has 4 aromatic heterocycles. The van der Waals surface area contributed by atoms with Gasteiger partial charge < -0.3 is 10.3 Å². The summed E-state index contributed by atoms with van der Waals surface area (Å²) in [6.07, 6.45) is 5.75. The van der Waals surface area contributed by atoms with Gasteiger partial charge in [0.25, 0.3) is 5.56 Å². The van der Waals surface area contributed by atoms with Crippen LogP contribution in [0.3, 0.4) is 0 Å². The number of nitrogens with zero attached hydrogens (tertiary/aromatic N) is 4. The van der Waals surface area contributed by atoms with E-state index in [1.54, 1.807) is 42.9 Å². The number of Topliss-reactive ketones (excluding diaryl/α,β-unsaturated/α-hetero) is 1. The molecule has 0 radical (unpaired) electrons. The Labute approximate surface area is 182 Å². The number of hydrogen-bond donors (Lipinski definition) is 3. The molecule has 4 heterocycles. The number of H-pyrrole nitrogens is 2. The highest BCUT2D eigenvalue weighted by Gasteiger charge is 2.16. The first kappa shape index (κ1) is 21.2. The standard InChI is InChI=1S/C22H23N7O3/c1-3-13(2)29-21(31)18-20(28-22(29)32)27-19(26-18)15-6-7-17(25-12-15)24-10-8-16(30)14-5-4-9-23-11-14/h4-7,9,11-13H,3,8,10H2,1-2H3,(H,24,25)(H,26,27)(H,28,32). The predicted octanol–water partition coefficient (Wildman–Crippen LogP) is 2.53. The van der Waals surface area contributed by atoms with E-state index in [-0.39, 0.29) is 23.0 Å². The van der Waals surface area contributed by atoms with Crippen LogP contribution in [-0.2, 0) is 0 Å². The fraction of sp³-hybridized carbons (Fsp3) is 0.273. The quantitative estimate of drug-likeness (QED) is 0.363. The number of imidazole rings is 1. The van der Waals surface area contributed by atoms with Gasteiger partial charge >= 0.3 is 5.69 Å². The second kappa shape index (κ2) is 8.96. The van der Waals surface area contributed by atoms with E-state index in [0.717, 1.165) is 0 Å². The summed E-state index contributed by atoms with van der Waals surface area (Å²) in [5.74, 6) is 1.04. The highest BCUT2D eigenvalue weighted by atomic mass is 16.2. The monoisotopic (exact) mass is 433 g/mol. The van der Waals surface area contributed by atoms with E-state index >= 15 is 0 Å². The maximum absolute atomic E-state index is 12.7. The minimum absolute atomic E-state index is 0.00142. The van der Waals surface area contributed by atoms with Crippen molar-refractivity contribution in [1.29, 1.82) is 0 Å². The third kappa shape index (κ3) is 4.20. The molecule has 0 bridgehead atoms. The zero-order valence-corrected chi connectivity index (χ0v) is 17.8. The summed E-state index contributed by atoms with van der Waals surface area (Å²) in [4.78, 5) is 55.5. The maximum Gasteiger partial charge on any atom is 0.330 e. The molecule has 10 nitrogen and oxygen atoms in total. The summed E-state index contributed by atoms with van der Waals surface area (Å²) < 4.78 is 1.20. The molecule has 0 fully saturated rings. The van der Waals surface area contributed by atoms with Crippen LogP contribution in [0.4, 0.5) is 5.82 Å². The molecule has 32 heavy (non-hydrogen) atoms. The fourth-order valence-corrected chi connectivity index (χ4v) is 3.33. The van der Waals surface area contributed by atoms with Crippen molar-refractivity contribution in [2.75, 3.05) is 11.9 Å². The summed E-state index contributed by atoms with van der Waals surface area (Å²) in [6, 6.07) is 6.80. The number of fused-ring (bicyclic) bond motifs is 1. The second-order valence-electron chi connectivity index (χ2n) is 7.45. The first-order valence-corrected chi connectivity index (χ1v) is 10.4. The molecule has 1 atom stereocenters. The van der Waals surface area contributed by atoms with E-state index in [0.29, 0.717) is 42.2 Å². The fourth-order valence-electron chi connectivity index (χ4n) is 3.33. The van der Waals surface area contributed by atoms with Gasteiger partial charge in [0.05, 0.1) is 0 Å². The Morgan fingerprint density at radius 2 is 2.03 bits per heavy atom. The van der Waals surface area contributed by atoms with Gasteiger partial charge in [-0.15, -0.1) is 0 Å². The minimum atomic E-state index is -0.478. The van der Waals surface area contributed by atoms with Crippen LogP contribution in [0.5, 0.6) is 0 Å². The van der Waals surface area contributed by atoms with E-state index in [1.165, 1.54) is 4.57 Å². The molecule has 0 amide bonds. The molecule has 10 heteroatoms. The van der Waals surface area contributed by atoms with Gasteiger partial charge in [0.2, 0.25) is 0 Å². The van der Waals surface area contributed by atoms with Crippen molar-refractivity contribution in [2.45, 2.75) is 32.7 Å². The van der Waals surface area contributed by atoms with Crippen molar-refractivity contribution in [2.24, 2.45) is 0 Å². The molecular formula is C22H23N7O3. The first-order valence-electron chi connectivity index (χ1n) is 10.4. The van der Waals surface area contributed by atoms with E-state index in [9.17, 15) is 14.4 Å². The van der Waals surface area contributed by atoms with Gasteiger partial charge in [-0.3, -0.25) is 24.1 Å². The van der Waals surface area contributed by atoms with Gasteiger partial charge in [-0.2, -0.15) is 0 Å². The highest BCUT2D eigenvalue weighted by molar-refractivity contribution is 5.95. The zero-order chi connectivity index (χ0) is 22.7. The van der Waals surface area contributed by atoms with E-state index in [4.69, 9.17) is 0 Å². The van der Waals surface area contributed by atoms with Crippen molar-refractivity contribution in [3.63, 3.8) is 0 Å². The molecule has 3 N–H and O–H groups in total. The largest absolute Gasteiger partial charge is 0.370 e. The number of rotatable bonds is 8. The lowest BCUT2D eigenvalue weighted by molar-refractivity contribution is 0.0986. The van der Waals surface area contributed by atoms with Crippen LogP contribution in [0.15, 0.2) is 52.4 Å². The van der Waals surface area contributed by atoms with Crippen molar-refractivity contribution in [3.8, 4) is 11.4 Å². The lowest BCUT2D eigenvalue weighted by Gasteiger charge is -2.10. The van der Waals surface area contributed by atoms with Crippen LogP contribution in [-0.4, -0.2) is 41.8 Å². The summed E-state index contributed by atoms with van der Waals surface area (Å²) in [6.45, 7) is 4.16. The summed E-state index contributed by atoms with van der Waals surface area (Å²) >= 11 is 0. The predicted molar refractivity (Wildman–Crippen MR) is 121 cm³/mol. The number of carbonyl (C=O) groups excluding carboxylic acids is 1. The zero-order valence-electron chi connectivity index (χ0n) is 17.8. The van der Waals surface area contributed by atoms with Gasteiger partial charge in [0.15, 0.2) is 11.4 Å². The number of anilines is 1. The van der Waals surface area contributed by atoms with Crippen LogP contribution < -0.4 is 16.6 Å². The van der Waals surface area contributed by atoms with Gasteiger partial charge in [-0.1, -0.05) is 6.92 Å². The Balaban J connectivity index is 1.48. The van der Waals surface area contributed by atoms with E-state index in [1.807, 2.05) is 13.8 Å². The minimum Gasteiger partial charge on any atom is -0.370 e. The third-order valence-electron chi connectivity index (χ3n) is 5.29. The molecule has 0 aliphatic carbocycles. The smallest absolute Gasteiger partial charge is 0.330 e. The molecule has 0 aromatic carbocycles. The number of aromatic nitrogens is 6. The van der Waals surface area contributed by atoms with Crippen molar-refractivity contribution in [1.82, 2.24) is 29.5 Å². The lowest BCUT2D eigenvalue weighted by Crippen LogP contribution is -2.37. The Hall–Kier alpha value is -4.08. The topological polar surface area (TPSA) is 138 Å². The van der Waals surface area contributed by atoms with Gasteiger partial charge in [0, 0.05) is 48.7 Å². The van der Waals surface area contributed by atoms with Crippen molar-refractivity contribution in [3.05, 3.63) is 69.3 Å². The lowest BCUT2D eigenvalue weighted by atomic mass is 10.1. The first-order chi connectivity index (χ1) is 15.5. The summed E-state index contributed by atoms with van der Waals surface area (Å²) in [7, 11) is 0. The van der Waals surface area contributed by atoms with Crippen LogP contribution >= 0.6 is 0 Å². The molecule has 4 rings (SSSR count). The number of nitrogens with one attached hydrogen (secondary N) is 3. The van der Waals surface area contributed by atoms with Crippen molar-refractivity contribution < 1.29 is 4.79 Å². The SMILES string of the molecule is CCC(C)n1c(=O)[nH]c2nc(-c3ccc(NCCC(=O)c4cccnc4)nc3)[nH]c2c1=O. The average molecular weight is 433 g/mol. The van der Waals surface area contributed by atoms with E-state index < -0.39 is 11.2 Å². The Morgan fingerprint density at radius 3 is 2.72 bits per heavy atom. The number of carbonyl (C=O) groups is 1. The van der Waals surface area contributed by atoms with Crippen LogP contribution in [0.2, 0.25) is 0 Å². The van der Waals surface area contributed by atoms with Crippen LogP contribution in [0.1, 0.15) is 43.1 Å². The molecule has 0 aliphatic rings. The molecule has 0 aliphatic heterocycles. The van der Waals surface area contributed by atoms with Crippen LogP contribution in [0.25, 0.3) is 22.6 Å². The molecule has 0 spiro atoms. The van der Waals surface area contributed by atoms with Crippen LogP contribution in [0, 0.1) is 0 Å². The van der Waals surface area contributed by atoms with E-state index in [2.05, 4.69) is 30.2 Å².